The number of benzene rings is 2. The number of carbonyl (C=O) groups excluding carboxylic acids is 1. The van der Waals surface area contributed by atoms with Gasteiger partial charge in [0.2, 0.25) is 5.91 Å². The highest BCUT2D eigenvalue weighted by Crippen LogP contribution is 2.52. The van der Waals surface area contributed by atoms with Crippen LogP contribution in [0.2, 0.25) is 0 Å². The fourth-order valence-electron chi connectivity index (χ4n) is 4.38. The van der Waals surface area contributed by atoms with Gasteiger partial charge in [-0.2, -0.15) is 5.10 Å². The molecule has 5 nitrogen and oxygen atoms in total. The maximum absolute atomic E-state index is 13.4. The van der Waals surface area contributed by atoms with Gasteiger partial charge in [0.15, 0.2) is 5.13 Å². The molecule has 2 atom stereocenters. The first-order chi connectivity index (χ1) is 14.1. The van der Waals surface area contributed by atoms with E-state index in [0.29, 0.717) is 11.6 Å². The highest BCUT2D eigenvalue weighted by Gasteiger charge is 2.49. The number of thiazole rings is 1. The van der Waals surface area contributed by atoms with Crippen LogP contribution < -0.4 is 5.32 Å². The van der Waals surface area contributed by atoms with Gasteiger partial charge in [-0.05, 0) is 35.6 Å². The Balaban J connectivity index is 1.61. The summed E-state index contributed by atoms with van der Waals surface area (Å²) in [6, 6.07) is 16.8. The summed E-state index contributed by atoms with van der Waals surface area (Å²) >= 11 is 1.44. The van der Waals surface area contributed by atoms with Gasteiger partial charge in [0.05, 0.1) is 11.6 Å². The molecule has 0 saturated carbocycles. The Morgan fingerprint density at radius 3 is 2.79 bits per heavy atom. The van der Waals surface area contributed by atoms with Crippen LogP contribution in [-0.2, 0) is 11.2 Å². The molecule has 5 rings (SSSR count). The fraction of sp³-hybridized carbons (Fsp3) is 0.174. The topological polar surface area (TPSA) is 70.7 Å². The van der Waals surface area contributed by atoms with Crippen LogP contribution in [0, 0.1) is 5.41 Å². The molecule has 0 fully saturated rings. The van der Waals surface area contributed by atoms with Gasteiger partial charge in [-0.25, -0.2) is 4.98 Å². The molecule has 0 radical (unpaired) electrons. The summed E-state index contributed by atoms with van der Waals surface area (Å²) < 4.78 is 0. The number of H-pyrrole nitrogens is 1. The Kier molecular flexibility index (Phi) is 4.28. The number of hydrogen-bond donors (Lipinski definition) is 2. The largest absolute Gasteiger partial charge is 0.301 e. The van der Waals surface area contributed by atoms with Gasteiger partial charge in [-0.15, -0.1) is 11.3 Å². The third-order valence-corrected chi connectivity index (χ3v) is 6.48. The molecule has 0 saturated heterocycles. The van der Waals surface area contributed by atoms with E-state index in [9.17, 15) is 4.79 Å². The smallest absolute Gasteiger partial charge is 0.233 e. The monoisotopic (exact) mass is 400 g/mol. The number of hydrogen-bond acceptors (Lipinski definition) is 4. The van der Waals surface area contributed by atoms with E-state index in [4.69, 9.17) is 0 Å². The van der Waals surface area contributed by atoms with Crippen LogP contribution in [0.3, 0.4) is 0 Å². The summed E-state index contributed by atoms with van der Waals surface area (Å²) in [7, 11) is 0. The van der Waals surface area contributed by atoms with Crippen molar-refractivity contribution >= 4 is 22.4 Å². The van der Waals surface area contributed by atoms with Gasteiger partial charge >= 0.3 is 0 Å². The van der Waals surface area contributed by atoms with Gasteiger partial charge in [-0.3, -0.25) is 9.89 Å². The third-order valence-electron chi connectivity index (χ3n) is 5.79. The quantitative estimate of drug-likeness (QED) is 0.514. The van der Waals surface area contributed by atoms with Gasteiger partial charge in [0.1, 0.15) is 0 Å². The molecule has 6 heteroatoms. The van der Waals surface area contributed by atoms with E-state index in [1.807, 2.05) is 36.0 Å². The van der Waals surface area contributed by atoms with Crippen molar-refractivity contribution in [2.24, 2.45) is 5.41 Å². The minimum absolute atomic E-state index is 0.00219. The molecular formula is C23H20N4OS. The van der Waals surface area contributed by atoms with Crippen molar-refractivity contribution < 1.29 is 4.79 Å². The van der Waals surface area contributed by atoms with Crippen LogP contribution in [0.1, 0.15) is 29.5 Å². The third kappa shape index (κ3) is 3.06. The molecule has 0 bridgehead atoms. The molecule has 1 amide bonds. The van der Waals surface area contributed by atoms with Gasteiger partial charge in [0.25, 0.3) is 0 Å². The Morgan fingerprint density at radius 2 is 2.07 bits per heavy atom. The average Bonchev–Trinajstić information content (AvgIpc) is 3.48. The first-order valence-corrected chi connectivity index (χ1v) is 10.4. The summed E-state index contributed by atoms with van der Waals surface area (Å²) in [5.41, 5.74) is 5.09. The Bertz CT molecular complexity index is 1140. The molecule has 2 heterocycles. The minimum atomic E-state index is -0.607. The molecule has 0 spiro atoms. The highest BCUT2D eigenvalue weighted by molar-refractivity contribution is 7.13. The fourth-order valence-corrected chi connectivity index (χ4v) is 4.91. The minimum Gasteiger partial charge on any atom is -0.301 e. The summed E-state index contributed by atoms with van der Waals surface area (Å²) in [5, 5.41) is 12.5. The number of aromatic amines is 1. The van der Waals surface area contributed by atoms with Crippen molar-refractivity contribution in [2.45, 2.75) is 19.3 Å². The second kappa shape index (κ2) is 6.97. The number of nitrogens with one attached hydrogen (secondary N) is 2. The number of anilines is 1. The van der Waals surface area contributed by atoms with E-state index in [-0.39, 0.29) is 11.8 Å². The van der Waals surface area contributed by atoms with E-state index in [1.165, 1.54) is 22.5 Å². The number of aromatic nitrogens is 3. The van der Waals surface area contributed by atoms with Crippen LogP contribution in [0.25, 0.3) is 11.1 Å². The van der Waals surface area contributed by atoms with Crippen molar-refractivity contribution in [1.82, 2.24) is 15.2 Å². The summed E-state index contributed by atoms with van der Waals surface area (Å²) in [4.78, 5) is 17.7. The van der Waals surface area contributed by atoms with E-state index in [2.05, 4.69) is 57.8 Å². The Morgan fingerprint density at radius 1 is 1.21 bits per heavy atom. The van der Waals surface area contributed by atoms with Gasteiger partial charge < -0.3 is 5.32 Å². The van der Waals surface area contributed by atoms with Crippen molar-refractivity contribution in [2.75, 3.05) is 5.32 Å². The lowest BCUT2D eigenvalue weighted by Gasteiger charge is -2.31. The first kappa shape index (κ1) is 17.8. The van der Waals surface area contributed by atoms with Crippen LogP contribution >= 0.6 is 11.3 Å². The molecule has 144 valence electrons. The van der Waals surface area contributed by atoms with E-state index >= 15 is 0 Å². The van der Waals surface area contributed by atoms with Crippen LogP contribution in [0.4, 0.5) is 5.13 Å². The number of fused-ring (bicyclic) bond motifs is 1. The lowest BCUT2D eigenvalue weighted by molar-refractivity contribution is -0.125. The number of carbonyl (C=O) groups is 1. The van der Waals surface area contributed by atoms with Crippen molar-refractivity contribution in [1.29, 1.82) is 0 Å². The zero-order valence-electron chi connectivity index (χ0n) is 15.9. The summed E-state index contributed by atoms with van der Waals surface area (Å²) in [6.45, 7) is 2.06. The lowest BCUT2D eigenvalue weighted by Crippen LogP contribution is -2.37. The number of amides is 1. The SMILES string of the molecule is CC1(C(=O)Nc2nccs2)Cc2ccc(-c3cn[nH]c3)cc2C1c1ccccc1. The molecule has 2 unspecified atom stereocenters. The van der Waals surface area contributed by atoms with Crippen LogP contribution in [-0.4, -0.2) is 21.1 Å². The molecule has 29 heavy (non-hydrogen) atoms. The van der Waals surface area contributed by atoms with Crippen LogP contribution in [0.15, 0.2) is 72.5 Å². The molecule has 0 aliphatic heterocycles. The summed E-state index contributed by atoms with van der Waals surface area (Å²) in [5.74, 6) is -0.0344. The van der Waals surface area contributed by atoms with Gasteiger partial charge in [-0.1, -0.05) is 48.5 Å². The Hall–Kier alpha value is -3.25. The Labute approximate surface area is 172 Å². The molecule has 2 N–H and O–H groups in total. The highest BCUT2D eigenvalue weighted by atomic mass is 32.1. The number of rotatable bonds is 4. The zero-order chi connectivity index (χ0) is 19.8. The molecule has 2 aromatic carbocycles. The zero-order valence-corrected chi connectivity index (χ0v) is 16.7. The maximum atomic E-state index is 13.4. The van der Waals surface area contributed by atoms with Gasteiger partial charge in [0, 0.05) is 29.3 Å². The van der Waals surface area contributed by atoms with Crippen molar-refractivity contribution in [3.05, 3.63) is 89.2 Å². The first-order valence-electron chi connectivity index (χ1n) is 9.53. The molecular weight excluding hydrogens is 380 g/mol. The van der Waals surface area contributed by atoms with E-state index in [0.717, 1.165) is 16.7 Å². The van der Waals surface area contributed by atoms with Crippen LogP contribution in [0.5, 0.6) is 0 Å². The van der Waals surface area contributed by atoms with E-state index < -0.39 is 5.41 Å². The lowest BCUT2D eigenvalue weighted by atomic mass is 9.73. The standard InChI is InChI=1S/C23H20N4OS/c1-23(21(28)27-22-24-9-10-29-22)12-17-8-7-16(18-13-25-26-14-18)11-19(17)20(23)15-5-3-2-4-6-15/h2-11,13-14,20H,12H2,1H3,(H,25,26)(H,24,27,28). The van der Waals surface area contributed by atoms with Crippen molar-refractivity contribution in [3.8, 4) is 11.1 Å². The van der Waals surface area contributed by atoms with E-state index in [1.54, 1.807) is 6.20 Å². The predicted molar refractivity (Wildman–Crippen MR) is 115 cm³/mol. The molecule has 1 aliphatic rings. The molecule has 2 aromatic heterocycles. The second-order valence-electron chi connectivity index (χ2n) is 7.63. The average molecular weight is 401 g/mol. The second-order valence-corrected chi connectivity index (χ2v) is 8.52. The molecule has 4 aromatic rings. The molecule has 1 aliphatic carbocycles. The summed E-state index contributed by atoms with van der Waals surface area (Å²) in [6.07, 6.45) is 6.10. The maximum Gasteiger partial charge on any atom is 0.233 e. The number of nitrogens with zero attached hydrogens (tertiary/aromatic N) is 2. The van der Waals surface area contributed by atoms with Crippen molar-refractivity contribution in [3.63, 3.8) is 0 Å². The predicted octanol–water partition coefficient (Wildman–Crippen LogP) is 4.87. The normalized spacial score (nSPS) is 20.4.